The predicted octanol–water partition coefficient (Wildman–Crippen LogP) is 2.38. The maximum Gasteiger partial charge on any atom is 0.266 e. The molecule has 2 aromatic carbocycles. The number of sulfonamides is 1. The third kappa shape index (κ3) is 4.05. The number of nitrogens with zero attached hydrogens (tertiary/aromatic N) is 3. The smallest absolute Gasteiger partial charge is 0.266 e. The van der Waals surface area contributed by atoms with Crippen molar-refractivity contribution in [2.75, 3.05) is 18.9 Å². The number of hydrogen-bond donors (Lipinski definition) is 2. The summed E-state index contributed by atoms with van der Waals surface area (Å²) in [6.07, 6.45) is 3.50. The van der Waals surface area contributed by atoms with Crippen molar-refractivity contribution in [3.8, 4) is 11.5 Å². The molecule has 0 unspecified atom stereocenters. The van der Waals surface area contributed by atoms with Gasteiger partial charge in [0.15, 0.2) is 11.4 Å². The molecule has 0 fully saturated rings. The molecule has 2 N–H and O–H groups in total. The van der Waals surface area contributed by atoms with Gasteiger partial charge < -0.3 is 19.1 Å². The zero-order valence-electron chi connectivity index (χ0n) is 16.8. The number of hydrogen-bond acceptors (Lipinski definition) is 8. The summed E-state index contributed by atoms with van der Waals surface area (Å²) < 4.78 is 46.2. The van der Waals surface area contributed by atoms with E-state index in [0.717, 1.165) is 5.56 Å². The molecule has 162 valence electrons. The Labute approximate surface area is 178 Å². The van der Waals surface area contributed by atoms with E-state index in [1.807, 2.05) is 12.3 Å². The van der Waals surface area contributed by atoms with Gasteiger partial charge in [-0.15, -0.1) is 0 Å². The van der Waals surface area contributed by atoms with Gasteiger partial charge in [0.25, 0.3) is 10.0 Å². The van der Waals surface area contributed by atoms with E-state index in [0.29, 0.717) is 28.8 Å². The molecule has 0 saturated heterocycles. The first-order valence-electron chi connectivity index (χ1n) is 9.19. The molecule has 10 nitrogen and oxygen atoms in total. The van der Waals surface area contributed by atoms with E-state index >= 15 is 0 Å². The molecule has 0 bridgehead atoms. The van der Waals surface area contributed by atoms with Gasteiger partial charge in [0.2, 0.25) is 0 Å². The van der Waals surface area contributed by atoms with Crippen LogP contribution in [0.25, 0.3) is 11.0 Å². The lowest BCUT2D eigenvalue weighted by Gasteiger charge is -2.12. The topological polar surface area (TPSA) is 129 Å². The average Bonchev–Trinajstić information content (AvgIpc) is 3.42. The standard InChI is InChI=1S/C20H20N4O6S/c1-28-15-8-13(12-25)4-5-18(15)31(26,27)23-20-19-16(29-2)9-14(10-17(19)30-22-20)11-24-7-3-6-21-24/h3-10,25H,11-12H2,1-2H3,(H,22,23). The number of aromatic nitrogens is 3. The molecule has 0 aliphatic rings. The Hall–Kier alpha value is -3.57. The van der Waals surface area contributed by atoms with Crippen molar-refractivity contribution in [2.24, 2.45) is 0 Å². The summed E-state index contributed by atoms with van der Waals surface area (Å²) >= 11 is 0. The van der Waals surface area contributed by atoms with Crippen LogP contribution in [0.5, 0.6) is 11.5 Å². The number of fused-ring (bicyclic) bond motifs is 1. The minimum absolute atomic E-state index is 0.00854. The molecule has 0 radical (unpaired) electrons. The Morgan fingerprint density at radius 2 is 1.90 bits per heavy atom. The molecule has 31 heavy (non-hydrogen) atoms. The van der Waals surface area contributed by atoms with E-state index in [4.69, 9.17) is 14.0 Å². The summed E-state index contributed by atoms with van der Waals surface area (Å²) in [6, 6.07) is 9.65. The number of aliphatic hydroxyl groups excluding tert-OH is 1. The number of anilines is 1. The maximum atomic E-state index is 13.0. The van der Waals surface area contributed by atoms with Gasteiger partial charge in [-0.1, -0.05) is 11.2 Å². The van der Waals surface area contributed by atoms with E-state index in [1.165, 1.54) is 32.4 Å². The first-order chi connectivity index (χ1) is 14.9. The van der Waals surface area contributed by atoms with E-state index in [1.54, 1.807) is 23.0 Å². The fraction of sp³-hybridized carbons (Fsp3) is 0.200. The van der Waals surface area contributed by atoms with Crippen molar-refractivity contribution in [2.45, 2.75) is 18.0 Å². The quantitative estimate of drug-likeness (QED) is 0.424. The molecule has 0 aliphatic heterocycles. The van der Waals surface area contributed by atoms with Crippen LogP contribution in [0.15, 0.2) is 58.2 Å². The SMILES string of the molecule is COc1cc(CO)ccc1S(=O)(=O)Nc1noc2cc(Cn3cccn3)cc(OC)c12. The molecule has 2 heterocycles. The zero-order chi connectivity index (χ0) is 22.0. The second kappa shape index (κ2) is 8.28. The lowest BCUT2D eigenvalue weighted by molar-refractivity contribution is 0.280. The monoisotopic (exact) mass is 444 g/mol. The van der Waals surface area contributed by atoms with Crippen molar-refractivity contribution < 1.29 is 27.5 Å². The van der Waals surface area contributed by atoms with Crippen LogP contribution in [0, 0.1) is 0 Å². The van der Waals surface area contributed by atoms with Crippen LogP contribution >= 0.6 is 0 Å². The van der Waals surface area contributed by atoms with Crippen molar-refractivity contribution in [3.63, 3.8) is 0 Å². The summed E-state index contributed by atoms with van der Waals surface area (Å²) in [5, 5.41) is 17.7. The normalized spacial score (nSPS) is 11.6. The summed E-state index contributed by atoms with van der Waals surface area (Å²) in [6.45, 7) is 0.242. The second-order valence-corrected chi connectivity index (χ2v) is 8.31. The second-order valence-electron chi connectivity index (χ2n) is 6.65. The molecule has 4 aromatic rings. The van der Waals surface area contributed by atoms with Gasteiger partial charge in [-0.2, -0.15) is 5.10 Å². The highest BCUT2D eigenvalue weighted by Gasteiger charge is 2.24. The maximum absolute atomic E-state index is 13.0. The lowest BCUT2D eigenvalue weighted by Crippen LogP contribution is -2.15. The molecule has 4 rings (SSSR count). The molecule has 11 heteroatoms. The highest BCUT2D eigenvalue weighted by molar-refractivity contribution is 7.92. The average molecular weight is 444 g/mol. The Morgan fingerprint density at radius 3 is 2.58 bits per heavy atom. The molecule has 0 saturated carbocycles. The summed E-state index contributed by atoms with van der Waals surface area (Å²) in [7, 11) is -1.23. The fourth-order valence-corrected chi connectivity index (χ4v) is 4.37. The fourth-order valence-electron chi connectivity index (χ4n) is 3.21. The van der Waals surface area contributed by atoms with Gasteiger partial charge in [-0.25, -0.2) is 8.42 Å². The highest BCUT2D eigenvalue weighted by atomic mass is 32.2. The van der Waals surface area contributed by atoms with Crippen molar-refractivity contribution in [3.05, 3.63) is 59.9 Å². The van der Waals surface area contributed by atoms with Crippen LogP contribution in [-0.2, 0) is 23.2 Å². The van der Waals surface area contributed by atoms with Gasteiger partial charge in [-0.3, -0.25) is 9.40 Å². The van der Waals surface area contributed by atoms with E-state index in [-0.39, 0.29) is 23.1 Å². The van der Waals surface area contributed by atoms with Crippen LogP contribution in [0.1, 0.15) is 11.1 Å². The molecule has 0 atom stereocenters. The van der Waals surface area contributed by atoms with Gasteiger partial charge in [0.1, 0.15) is 21.8 Å². The minimum atomic E-state index is -4.07. The van der Waals surface area contributed by atoms with E-state index < -0.39 is 10.0 Å². The number of ether oxygens (including phenoxy) is 2. The highest BCUT2D eigenvalue weighted by Crippen LogP contribution is 2.36. The van der Waals surface area contributed by atoms with Crippen LogP contribution in [0.4, 0.5) is 5.82 Å². The van der Waals surface area contributed by atoms with Gasteiger partial charge in [0.05, 0.1) is 27.4 Å². The minimum Gasteiger partial charge on any atom is -0.496 e. The number of benzene rings is 2. The third-order valence-electron chi connectivity index (χ3n) is 4.65. The molecule has 0 spiro atoms. The van der Waals surface area contributed by atoms with Gasteiger partial charge >= 0.3 is 0 Å². The largest absolute Gasteiger partial charge is 0.496 e. The van der Waals surface area contributed by atoms with Crippen LogP contribution in [0.3, 0.4) is 0 Å². The number of rotatable bonds is 8. The van der Waals surface area contributed by atoms with Gasteiger partial charge in [0, 0.05) is 12.4 Å². The Bertz CT molecular complexity index is 1320. The van der Waals surface area contributed by atoms with Crippen molar-refractivity contribution >= 4 is 26.8 Å². The van der Waals surface area contributed by atoms with Crippen LogP contribution in [-0.4, -0.2) is 42.7 Å². The number of aliphatic hydroxyl groups is 1. The van der Waals surface area contributed by atoms with Crippen LogP contribution in [0.2, 0.25) is 0 Å². The van der Waals surface area contributed by atoms with Crippen LogP contribution < -0.4 is 14.2 Å². The van der Waals surface area contributed by atoms with E-state index in [9.17, 15) is 13.5 Å². The van der Waals surface area contributed by atoms with Crippen molar-refractivity contribution in [1.29, 1.82) is 0 Å². The lowest BCUT2D eigenvalue weighted by atomic mass is 10.1. The van der Waals surface area contributed by atoms with Gasteiger partial charge in [-0.05, 0) is 41.5 Å². The number of methoxy groups -OCH3 is 2. The third-order valence-corrected chi connectivity index (χ3v) is 6.03. The van der Waals surface area contributed by atoms with E-state index in [2.05, 4.69) is 15.0 Å². The Kier molecular flexibility index (Phi) is 5.53. The Morgan fingerprint density at radius 1 is 1.13 bits per heavy atom. The summed E-state index contributed by atoms with van der Waals surface area (Å²) in [4.78, 5) is -0.0994. The molecular formula is C20H20N4O6S. The predicted molar refractivity (Wildman–Crippen MR) is 112 cm³/mol. The first kappa shape index (κ1) is 20.7. The number of nitrogens with one attached hydrogen (secondary N) is 1. The molecule has 2 aromatic heterocycles. The van der Waals surface area contributed by atoms with Crippen molar-refractivity contribution in [1.82, 2.24) is 14.9 Å². The summed E-state index contributed by atoms with van der Waals surface area (Å²) in [5.41, 5.74) is 1.73. The summed E-state index contributed by atoms with van der Waals surface area (Å²) in [5.74, 6) is 0.493. The zero-order valence-corrected chi connectivity index (χ0v) is 17.6. The molecule has 0 aliphatic carbocycles. The first-order valence-corrected chi connectivity index (χ1v) is 10.7. The molecule has 0 amide bonds. The molecular weight excluding hydrogens is 424 g/mol. The Balaban J connectivity index is 1.72.